The highest BCUT2D eigenvalue weighted by molar-refractivity contribution is 5.66. The van der Waals surface area contributed by atoms with E-state index in [1.54, 1.807) is 0 Å². The van der Waals surface area contributed by atoms with Crippen LogP contribution in [0.1, 0.15) is 96.8 Å². The second-order valence-electron chi connectivity index (χ2n) is 5.39. The van der Waals surface area contributed by atoms with Gasteiger partial charge in [0.25, 0.3) is 0 Å². The van der Waals surface area contributed by atoms with Gasteiger partial charge in [-0.25, -0.2) is 0 Å². The largest absolute Gasteiger partial charge is 0.481 e. The molecule has 0 saturated carbocycles. The molecule has 0 aromatic heterocycles. The zero-order chi connectivity index (χ0) is 15.5. The molecule has 0 aliphatic rings. The zero-order valence-electron chi connectivity index (χ0n) is 13.7. The van der Waals surface area contributed by atoms with E-state index in [0.717, 1.165) is 20.0 Å². The normalized spacial score (nSPS) is 9.95. The molecule has 0 saturated heterocycles. The van der Waals surface area contributed by atoms with E-state index in [0.29, 0.717) is 6.42 Å². The summed E-state index contributed by atoms with van der Waals surface area (Å²) >= 11 is 0. The molecule has 0 aliphatic carbocycles. The molecule has 0 fully saturated rings. The molecule has 0 atom stereocenters. The van der Waals surface area contributed by atoms with Crippen LogP contribution >= 0.6 is 0 Å². The summed E-state index contributed by atoms with van der Waals surface area (Å²) in [5.41, 5.74) is 0. The molecule has 0 amide bonds. The molecular weight excluding hydrogens is 252 g/mol. The molecule has 0 aromatic carbocycles. The van der Waals surface area contributed by atoms with Crippen LogP contribution in [0.4, 0.5) is 0 Å². The fourth-order valence-corrected chi connectivity index (χ4v) is 2.29. The molecule has 0 aromatic rings. The average molecular weight is 288 g/mol. The third-order valence-corrected chi connectivity index (χ3v) is 3.49. The second-order valence-corrected chi connectivity index (χ2v) is 5.39. The van der Waals surface area contributed by atoms with Gasteiger partial charge in [0.1, 0.15) is 0 Å². The van der Waals surface area contributed by atoms with Crippen LogP contribution in [0.2, 0.25) is 0 Å². The highest BCUT2D eigenvalue weighted by Gasteiger charge is 1.96. The molecular formula is C17H36O3. The van der Waals surface area contributed by atoms with Crippen molar-refractivity contribution in [2.24, 2.45) is 0 Å². The van der Waals surface area contributed by atoms with Crippen molar-refractivity contribution >= 4 is 5.97 Å². The van der Waals surface area contributed by atoms with E-state index in [2.05, 4.69) is 6.92 Å². The SMILES string of the molecule is CCCCCCCCCCCCCCCC(=O)O.CO. The lowest BCUT2D eigenvalue weighted by Crippen LogP contribution is -1.93. The Balaban J connectivity index is 0. The molecule has 2 N–H and O–H groups in total. The number of hydrogen-bond donors (Lipinski definition) is 2. The van der Waals surface area contributed by atoms with Gasteiger partial charge < -0.3 is 10.2 Å². The van der Waals surface area contributed by atoms with E-state index in [-0.39, 0.29) is 0 Å². The van der Waals surface area contributed by atoms with Gasteiger partial charge in [0.05, 0.1) is 0 Å². The van der Waals surface area contributed by atoms with Crippen molar-refractivity contribution in [3.63, 3.8) is 0 Å². The third kappa shape index (κ3) is 22.6. The third-order valence-electron chi connectivity index (χ3n) is 3.49. The van der Waals surface area contributed by atoms with Crippen molar-refractivity contribution in [3.8, 4) is 0 Å². The standard InChI is InChI=1S/C16H32O2.CH4O/c1-2-3-4-5-6-7-8-9-10-11-12-13-14-15-16(17)18;1-2/h2-15H2,1H3,(H,17,18);2H,1H3. The minimum absolute atomic E-state index is 0.345. The molecule has 0 heterocycles. The Labute approximate surface area is 125 Å². The average Bonchev–Trinajstić information content (AvgIpc) is 2.46. The zero-order valence-corrected chi connectivity index (χ0v) is 13.7. The van der Waals surface area contributed by atoms with Crippen LogP contribution in [0, 0.1) is 0 Å². The van der Waals surface area contributed by atoms with E-state index in [9.17, 15) is 4.79 Å². The van der Waals surface area contributed by atoms with Gasteiger partial charge in [0.15, 0.2) is 0 Å². The summed E-state index contributed by atoms with van der Waals surface area (Å²) in [6, 6.07) is 0. The first-order valence-electron chi connectivity index (χ1n) is 8.44. The Morgan fingerprint density at radius 2 is 0.950 bits per heavy atom. The van der Waals surface area contributed by atoms with Gasteiger partial charge in [-0.1, -0.05) is 84.0 Å². The van der Waals surface area contributed by atoms with E-state index in [1.807, 2.05) is 0 Å². The van der Waals surface area contributed by atoms with Crippen LogP contribution in [0.25, 0.3) is 0 Å². The smallest absolute Gasteiger partial charge is 0.303 e. The lowest BCUT2D eigenvalue weighted by Gasteiger charge is -2.02. The number of hydrogen-bond acceptors (Lipinski definition) is 2. The fourth-order valence-electron chi connectivity index (χ4n) is 2.29. The Hall–Kier alpha value is -0.570. The van der Waals surface area contributed by atoms with Gasteiger partial charge in [0.2, 0.25) is 0 Å². The Morgan fingerprint density at radius 3 is 1.25 bits per heavy atom. The van der Waals surface area contributed by atoms with E-state index in [4.69, 9.17) is 10.2 Å². The highest BCUT2D eigenvalue weighted by Crippen LogP contribution is 2.12. The minimum atomic E-state index is -0.655. The van der Waals surface area contributed by atoms with Crippen molar-refractivity contribution < 1.29 is 15.0 Å². The summed E-state index contributed by atoms with van der Waals surface area (Å²) in [6.07, 6.45) is 17.3. The van der Waals surface area contributed by atoms with E-state index < -0.39 is 5.97 Å². The van der Waals surface area contributed by atoms with Crippen LogP contribution < -0.4 is 0 Å². The first-order valence-corrected chi connectivity index (χ1v) is 8.44. The van der Waals surface area contributed by atoms with Gasteiger partial charge in [0, 0.05) is 13.5 Å². The summed E-state index contributed by atoms with van der Waals surface area (Å²) in [5.74, 6) is -0.655. The Morgan fingerprint density at radius 1 is 0.650 bits per heavy atom. The van der Waals surface area contributed by atoms with Crippen LogP contribution in [0.3, 0.4) is 0 Å². The predicted molar refractivity (Wildman–Crippen MR) is 86.1 cm³/mol. The lowest BCUT2D eigenvalue weighted by molar-refractivity contribution is -0.137. The maximum absolute atomic E-state index is 10.3. The number of carbonyl (C=O) groups is 1. The van der Waals surface area contributed by atoms with Crippen molar-refractivity contribution in [1.29, 1.82) is 0 Å². The fraction of sp³-hybridized carbons (Fsp3) is 0.941. The van der Waals surface area contributed by atoms with E-state index in [1.165, 1.54) is 70.6 Å². The quantitative estimate of drug-likeness (QED) is 0.434. The molecule has 0 rings (SSSR count). The van der Waals surface area contributed by atoms with Gasteiger partial charge in [-0.3, -0.25) is 4.79 Å². The van der Waals surface area contributed by atoms with Crippen LogP contribution in [0.15, 0.2) is 0 Å². The number of aliphatic hydroxyl groups is 1. The summed E-state index contributed by atoms with van der Waals surface area (Å²) in [5, 5.41) is 15.5. The first-order chi connectivity index (χ1) is 9.77. The first kappa shape index (κ1) is 21.7. The van der Waals surface area contributed by atoms with Crippen molar-refractivity contribution in [2.45, 2.75) is 96.8 Å². The van der Waals surface area contributed by atoms with Crippen molar-refractivity contribution in [2.75, 3.05) is 7.11 Å². The highest BCUT2D eigenvalue weighted by atomic mass is 16.4. The van der Waals surface area contributed by atoms with E-state index >= 15 is 0 Å². The maximum Gasteiger partial charge on any atom is 0.303 e. The maximum atomic E-state index is 10.3. The minimum Gasteiger partial charge on any atom is -0.481 e. The molecule has 0 aliphatic heterocycles. The number of rotatable bonds is 14. The Bertz CT molecular complexity index is 181. The van der Waals surface area contributed by atoms with Gasteiger partial charge in [-0.2, -0.15) is 0 Å². The Kier molecular flexibility index (Phi) is 22.5. The summed E-state index contributed by atoms with van der Waals surface area (Å²) in [4.78, 5) is 10.3. The number of carboxylic acid groups (broad SMARTS) is 1. The van der Waals surface area contributed by atoms with Crippen molar-refractivity contribution in [3.05, 3.63) is 0 Å². The number of aliphatic carboxylic acids is 1. The molecule has 20 heavy (non-hydrogen) atoms. The van der Waals surface area contributed by atoms with Crippen LogP contribution in [0.5, 0.6) is 0 Å². The molecule has 3 nitrogen and oxygen atoms in total. The molecule has 122 valence electrons. The van der Waals surface area contributed by atoms with Crippen LogP contribution in [-0.4, -0.2) is 23.3 Å². The summed E-state index contributed by atoms with van der Waals surface area (Å²) < 4.78 is 0. The molecule has 0 spiro atoms. The predicted octanol–water partition coefficient (Wildman–Crippen LogP) is 5.16. The molecule has 0 unspecified atom stereocenters. The second kappa shape index (κ2) is 20.7. The number of aliphatic hydroxyl groups excluding tert-OH is 1. The topological polar surface area (TPSA) is 57.5 Å². The molecule has 3 heteroatoms. The molecule has 0 radical (unpaired) electrons. The number of unbranched alkanes of at least 4 members (excludes halogenated alkanes) is 12. The number of carboxylic acids is 1. The lowest BCUT2D eigenvalue weighted by atomic mass is 10.0. The molecule has 0 bridgehead atoms. The monoisotopic (exact) mass is 288 g/mol. The van der Waals surface area contributed by atoms with Crippen LogP contribution in [-0.2, 0) is 4.79 Å². The summed E-state index contributed by atoms with van der Waals surface area (Å²) in [6.45, 7) is 2.26. The van der Waals surface area contributed by atoms with Crippen molar-refractivity contribution in [1.82, 2.24) is 0 Å². The van der Waals surface area contributed by atoms with Gasteiger partial charge in [-0.05, 0) is 6.42 Å². The van der Waals surface area contributed by atoms with Gasteiger partial charge >= 0.3 is 5.97 Å². The van der Waals surface area contributed by atoms with Gasteiger partial charge in [-0.15, -0.1) is 0 Å². The summed E-state index contributed by atoms with van der Waals surface area (Å²) in [7, 11) is 1.00.